The number of rotatable bonds is 3. The van der Waals surface area contributed by atoms with Crippen molar-refractivity contribution in [1.82, 2.24) is 4.90 Å². The normalized spacial score (nSPS) is 21.4. The molecule has 1 saturated carbocycles. The molecular formula is C24H37N7O2. The summed E-state index contributed by atoms with van der Waals surface area (Å²) in [6.07, 6.45) is 6.77. The van der Waals surface area contributed by atoms with Crippen LogP contribution in [0, 0.1) is 0 Å². The standard InChI is InChI=1S/C24H37N7O2/c1-23(2,3)33-22(32)30-15-11-18(12-16-30)27-17-7-9-19(10-8-17)31-21(26)28-20(25)29-24(31)13-5-4-6-14-24/h7-10,18,27H,4-6,11-16H2,1-3H3,(H4,25,26,28,29). The van der Waals surface area contributed by atoms with Crippen molar-refractivity contribution in [3.63, 3.8) is 0 Å². The van der Waals surface area contributed by atoms with E-state index in [0.717, 1.165) is 49.9 Å². The molecule has 9 nitrogen and oxygen atoms in total. The molecule has 2 aliphatic heterocycles. The molecule has 0 unspecified atom stereocenters. The molecule has 1 aromatic carbocycles. The van der Waals surface area contributed by atoms with Gasteiger partial charge in [-0.25, -0.2) is 9.79 Å². The van der Waals surface area contributed by atoms with E-state index in [9.17, 15) is 4.79 Å². The van der Waals surface area contributed by atoms with Gasteiger partial charge >= 0.3 is 6.09 Å². The van der Waals surface area contributed by atoms with Crippen LogP contribution in [0.15, 0.2) is 34.3 Å². The van der Waals surface area contributed by atoms with Gasteiger partial charge in [0.1, 0.15) is 11.3 Å². The van der Waals surface area contributed by atoms with E-state index in [2.05, 4.69) is 34.6 Å². The van der Waals surface area contributed by atoms with Crippen molar-refractivity contribution in [2.45, 2.75) is 83.0 Å². The van der Waals surface area contributed by atoms with E-state index in [0.29, 0.717) is 25.1 Å². The third kappa shape index (κ3) is 5.34. The minimum atomic E-state index is -0.469. The number of aliphatic imine (C=N–C) groups is 2. The fourth-order valence-electron chi connectivity index (χ4n) is 4.97. The summed E-state index contributed by atoms with van der Waals surface area (Å²) in [4.78, 5) is 25.1. The lowest BCUT2D eigenvalue weighted by Crippen LogP contribution is -2.58. The first kappa shape index (κ1) is 23.2. The number of likely N-dealkylation sites (tertiary alicyclic amines) is 1. The monoisotopic (exact) mass is 455 g/mol. The fourth-order valence-corrected chi connectivity index (χ4v) is 4.97. The Morgan fingerprint density at radius 3 is 2.33 bits per heavy atom. The molecule has 33 heavy (non-hydrogen) atoms. The van der Waals surface area contributed by atoms with Crippen LogP contribution in [0.25, 0.3) is 0 Å². The van der Waals surface area contributed by atoms with Crippen LogP contribution < -0.4 is 21.7 Å². The van der Waals surface area contributed by atoms with Gasteiger partial charge < -0.3 is 26.4 Å². The second-order valence-electron chi connectivity index (χ2n) is 10.3. The smallest absolute Gasteiger partial charge is 0.410 e. The van der Waals surface area contributed by atoms with Gasteiger partial charge in [0.15, 0.2) is 0 Å². The first-order valence-electron chi connectivity index (χ1n) is 12.0. The molecular weight excluding hydrogens is 418 g/mol. The fraction of sp³-hybridized carbons (Fsp3) is 0.625. The quantitative estimate of drug-likeness (QED) is 0.640. The van der Waals surface area contributed by atoms with Crippen LogP contribution in [-0.2, 0) is 4.74 Å². The van der Waals surface area contributed by atoms with Gasteiger partial charge in [-0.1, -0.05) is 6.42 Å². The van der Waals surface area contributed by atoms with E-state index in [1.807, 2.05) is 25.7 Å². The summed E-state index contributed by atoms with van der Waals surface area (Å²) in [7, 11) is 0. The zero-order valence-electron chi connectivity index (χ0n) is 20.0. The Morgan fingerprint density at radius 1 is 1.09 bits per heavy atom. The van der Waals surface area contributed by atoms with Gasteiger partial charge in [0, 0.05) is 30.5 Å². The van der Waals surface area contributed by atoms with Gasteiger partial charge in [0.2, 0.25) is 11.9 Å². The summed E-state index contributed by atoms with van der Waals surface area (Å²) >= 11 is 0. The summed E-state index contributed by atoms with van der Waals surface area (Å²) in [5, 5.41) is 3.60. The van der Waals surface area contributed by atoms with E-state index < -0.39 is 11.3 Å². The average molecular weight is 456 g/mol. The molecule has 3 aliphatic rings. The maximum atomic E-state index is 12.3. The molecule has 0 radical (unpaired) electrons. The number of benzene rings is 1. The lowest BCUT2D eigenvalue weighted by Gasteiger charge is -2.45. The van der Waals surface area contributed by atoms with Crippen LogP contribution in [0.4, 0.5) is 16.2 Å². The number of hydrogen-bond donors (Lipinski definition) is 3. The van der Waals surface area contributed by atoms with E-state index in [1.54, 1.807) is 4.90 Å². The largest absolute Gasteiger partial charge is 0.444 e. The number of amides is 1. The summed E-state index contributed by atoms with van der Waals surface area (Å²) in [6, 6.07) is 8.58. The highest BCUT2D eigenvalue weighted by molar-refractivity contribution is 6.05. The number of nitrogens with two attached hydrogens (primary N) is 2. The number of guanidine groups is 2. The zero-order valence-corrected chi connectivity index (χ0v) is 20.0. The van der Waals surface area contributed by atoms with Crippen molar-refractivity contribution in [3.05, 3.63) is 24.3 Å². The number of ether oxygens (including phenoxy) is 1. The van der Waals surface area contributed by atoms with Crippen LogP contribution in [0.5, 0.6) is 0 Å². The minimum Gasteiger partial charge on any atom is -0.444 e. The molecule has 2 fully saturated rings. The Bertz CT molecular complexity index is 906. The van der Waals surface area contributed by atoms with E-state index >= 15 is 0 Å². The maximum absolute atomic E-state index is 12.3. The number of hydrogen-bond acceptors (Lipinski definition) is 8. The van der Waals surface area contributed by atoms with E-state index in [4.69, 9.17) is 21.2 Å². The van der Waals surface area contributed by atoms with Gasteiger partial charge in [-0.15, -0.1) is 0 Å². The molecule has 0 bridgehead atoms. The van der Waals surface area contributed by atoms with Gasteiger partial charge in [0.25, 0.3) is 0 Å². The molecule has 1 amide bonds. The first-order valence-corrected chi connectivity index (χ1v) is 12.0. The lowest BCUT2D eigenvalue weighted by molar-refractivity contribution is 0.0210. The Hall–Kier alpha value is -2.97. The van der Waals surface area contributed by atoms with Crippen molar-refractivity contribution >= 4 is 29.4 Å². The molecule has 4 rings (SSSR count). The Balaban J connectivity index is 1.38. The number of nitrogens with zero attached hydrogens (tertiary/aromatic N) is 4. The van der Waals surface area contributed by atoms with Crippen molar-refractivity contribution in [2.75, 3.05) is 23.3 Å². The van der Waals surface area contributed by atoms with Gasteiger partial charge in [-0.3, -0.25) is 4.90 Å². The highest BCUT2D eigenvalue weighted by Gasteiger charge is 2.42. The van der Waals surface area contributed by atoms with Crippen molar-refractivity contribution in [2.24, 2.45) is 21.5 Å². The molecule has 5 N–H and O–H groups in total. The summed E-state index contributed by atoms with van der Waals surface area (Å²) in [5.74, 6) is 0.668. The third-order valence-corrected chi connectivity index (χ3v) is 6.49. The highest BCUT2D eigenvalue weighted by atomic mass is 16.6. The van der Waals surface area contributed by atoms with Crippen molar-refractivity contribution < 1.29 is 9.53 Å². The molecule has 180 valence electrons. The molecule has 1 aromatic rings. The van der Waals surface area contributed by atoms with Gasteiger partial charge in [-0.2, -0.15) is 4.99 Å². The topological polar surface area (TPSA) is 122 Å². The summed E-state index contributed by atoms with van der Waals surface area (Å²) < 4.78 is 5.49. The van der Waals surface area contributed by atoms with Crippen LogP contribution in [0.2, 0.25) is 0 Å². The Labute approximate surface area is 196 Å². The van der Waals surface area contributed by atoms with Crippen molar-refractivity contribution in [3.8, 4) is 0 Å². The van der Waals surface area contributed by atoms with E-state index in [-0.39, 0.29) is 12.1 Å². The summed E-state index contributed by atoms with van der Waals surface area (Å²) in [5.41, 5.74) is 13.4. The zero-order chi connectivity index (χ0) is 23.6. The molecule has 0 aromatic heterocycles. The number of carbonyl (C=O) groups is 1. The van der Waals surface area contributed by atoms with Crippen LogP contribution in [0.3, 0.4) is 0 Å². The number of piperidine rings is 1. The molecule has 2 heterocycles. The molecule has 1 aliphatic carbocycles. The Kier molecular flexibility index (Phi) is 6.41. The second kappa shape index (κ2) is 9.11. The van der Waals surface area contributed by atoms with Crippen LogP contribution in [0.1, 0.15) is 65.7 Å². The van der Waals surface area contributed by atoms with Gasteiger partial charge in [0.05, 0.1) is 0 Å². The lowest BCUT2D eigenvalue weighted by atomic mass is 9.87. The number of nitrogens with one attached hydrogen (secondary N) is 1. The minimum absolute atomic E-state index is 0.231. The summed E-state index contributed by atoms with van der Waals surface area (Å²) in [6.45, 7) is 7.05. The Morgan fingerprint density at radius 2 is 1.73 bits per heavy atom. The van der Waals surface area contributed by atoms with Crippen LogP contribution in [-0.4, -0.2) is 53.3 Å². The number of anilines is 2. The van der Waals surface area contributed by atoms with Crippen molar-refractivity contribution in [1.29, 1.82) is 0 Å². The van der Waals surface area contributed by atoms with E-state index in [1.165, 1.54) is 6.42 Å². The predicted octanol–water partition coefficient (Wildman–Crippen LogP) is 3.61. The average Bonchev–Trinajstić information content (AvgIpc) is 2.74. The third-order valence-electron chi connectivity index (χ3n) is 6.49. The van der Waals surface area contributed by atoms with Crippen LogP contribution >= 0.6 is 0 Å². The highest BCUT2D eigenvalue weighted by Crippen LogP contribution is 2.39. The molecule has 1 spiro atoms. The predicted molar refractivity (Wildman–Crippen MR) is 132 cm³/mol. The molecule has 9 heteroatoms. The molecule has 0 atom stereocenters. The number of carbonyl (C=O) groups excluding carboxylic acids is 1. The molecule has 1 saturated heterocycles. The maximum Gasteiger partial charge on any atom is 0.410 e. The SMILES string of the molecule is CC(C)(C)OC(=O)N1CCC(Nc2ccc(N3C(N)=NC(N)=NC34CCCCC4)cc2)CC1. The van der Waals surface area contributed by atoms with Gasteiger partial charge in [-0.05, 0) is 83.6 Å². The first-order chi connectivity index (χ1) is 15.7. The second-order valence-corrected chi connectivity index (χ2v) is 10.3.